The van der Waals surface area contributed by atoms with E-state index in [4.69, 9.17) is 15.7 Å². The molecule has 1 aromatic heterocycles. The van der Waals surface area contributed by atoms with Gasteiger partial charge in [0.15, 0.2) is 0 Å². The molecule has 0 aliphatic rings. The third-order valence-electron chi connectivity index (χ3n) is 2.55. The van der Waals surface area contributed by atoms with Crippen LogP contribution >= 0.6 is 0 Å². The number of ether oxygens (including phenoxy) is 1. The minimum absolute atomic E-state index is 0.0552. The van der Waals surface area contributed by atoms with E-state index in [0.717, 1.165) is 12.1 Å². The Morgan fingerprint density at radius 2 is 2.32 bits per heavy atom. The summed E-state index contributed by atoms with van der Waals surface area (Å²) >= 11 is 0. The van der Waals surface area contributed by atoms with Crippen LogP contribution in [-0.4, -0.2) is 28.2 Å². The Morgan fingerprint density at radius 1 is 1.58 bits per heavy atom. The number of nitrogens with two attached hydrogens (primary N) is 1. The molecule has 0 spiro atoms. The predicted molar refractivity (Wildman–Crippen MR) is 75.7 cm³/mol. The standard InChI is InChI=1S/C13H22N4O2/c1-4-10(8-12(14)17-18)16-11-6-5-7-15-13(11)19-9(2)3/h5-7,9-10,16,18H,4,8H2,1-3H3,(H2,14,17). The first-order chi connectivity index (χ1) is 9.06. The second kappa shape index (κ2) is 7.45. The first-order valence-corrected chi connectivity index (χ1v) is 6.41. The van der Waals surface area contributed by atoms with E-state index in [1.807, 2.05) is 32.9 Å². The van der Waals surface area contributed by atoms with E-state index >= 15 is 0 Å². The maximum atomic E-state index is 8.62. The number of nitrogens with one attached hydrogen (secondary N) is 1. The van der Waals surface area contributed by atoms with Gasteiger partial charge in [-0.05, 0) is 32.4 Å². The lowest BCUT2D eigenvalue weighted by Crippen LogP contribution is -2.27. The second-order valence-electron chi connectivity index (χ2n) is 4.57. The number of aromatic nitrogens is 1. The molecule has 4 N–H and O–H groups in total. The third-order valence-corrected chi connectivity index (χ3v) is 2.55. The molecule has 1 aromatic rings. The van der Waals surface area contributed by atoms with Crippen molar-refractivity contribution in [2.75, 3.05) is 5.32 Å². The number of hydrogen-bond acceptors (Lipinski definition) is 5. The molecule has 0 amide bonds. The first-order valence-electron chi connectivity index (χ1n) is 6.41. The zero-order valence-corrected chi connectivity index (χ0v) is 11.6. The van der Waals surface area contributed by atoms with Crippen LogP contribution in [0.2, 0.25) is 0 Å². The summed E-state index contributed by atoms with van der Waals surface area (Å²) in [5.41, 5.74) is 6.35. The summed E-state index contributed by atoms with van der Waals surface area (Å²) in [4.78, 5) is 4.21. The first kappa shape index (κ1) is 15.1. The topological polar surface area (TPSA) is 92.8 Å². The highest BCUT2D eigenvalue weighted by Crippen LogP contribution is 2.23. The minimum Gasteiger partial charge on any atom is -0.473 e. The van der Waals surface area contributed by atoms with Crippen LogP contribution in [0.15, 0.2) is 23.5 Å². The van der Waals surface area contributed by atoms with Gasteiger partial charge in [-0.25, -0.2) is 4.98 Å². The lowest BCUT2D eigenvalue weighted by atomic mass is 10.1. The molecular formula is C13H22N4O2. The quantitative estimate of drug-likeness (QED) is 0.304. The summed E-state index contributed by atoms with van der Waals surface area (Å²) in [7, 11) is 0. The van der Waals surface area contributed by atoms with Crippen LogP contribution in [0.1, 0.15) is 33.6 Å². The van der Waals surface area contributed by atoms with Crippen molar-refractivity contribution in [3.63, 3.8) is 0 Å². The Hall–Kier alpha value is -1.98. The van der Waals surface area contributed by atoms with E-state index in [2.05, 4.69) is 15.5 Å². The number of amidine groups is 1. The number of pyridine rings is 1. The van der Waals surface area contributed by atoms with Crippen LogP contribution in [0.5, 0.6) is 5.88 Å². The molecule has 6 heteroatoms. The van der Waals surface area contributed by atoms with Gasteiger partial charge in [-0.2, -0.15) is 0 Å². The Bertz CT molecular complexity index is 421. The molecule has 1 unspecified atom stereocenters. The fourth-order valence-electron chi connectivity index (χ4n) is 1.63. The van der Waals surface area contributed by atoms with Gasteiger partial charge in [-0.1, -0.05) is 12.1 Å². The van der Waals surface area contributed by atoms with E-state index in [1.54, 1.807) is 6.20 Å². The summed E-state index contributed by atoms with van der Waals surface area (Å²) in [5, 5.41) is 14.9. The van der Waals surface area contributed by atoms with Crippen molar-refractivity contribution in [3.8, 4) is 5.88 Å². The van der Waals surface area contributed by atoms with Crippen LogP contribution in [0.4, 0.5) is 5.69 Å². The molecule has 1 rings (SSSR count). The van der Waals surface area contributed by atoms with E-state index in [9.17, 15) is 0 Å². The van der Waals surface area contributed by atoms with E-state index < -0.39 is 0 Å². The van der Waals surface area contributed by atoms with Crippen molar-refractivity contribution in [3.05, 3.63) is 18.3 Å². The number of rotatable bonds is 7. The van der Waals surface area contributed by atoms with Gasteiger partial charge in [0.1, 0.15) is 5.84 Å². The molecule has 0 saturated heterocycles. The Morgan fingerprint density at radius 3 is 2.89 bits per heavy atom. The summed E-state index contributed by atoms with van der Waals surface area (Å²) < 4.78 is 5.64. The average Bonchev–Trinajstić information content (AvgIpc) is 2.39. The summed E-state index contributed by atoms with van der Waals surface area (Å²) in [6.45, 7) is 5.93. The van der Waals surface area contributed by atoms with Crippen LogP contribution in [0.25, 0.3) is 0 Å². The lowest BCUT2D eigenvalue weighted by Gasteiger charge is -2.20. The van der Waals surface area contributed by atoms with Crippen LogP contribution in [0.3, 0.4) is 0 Å². The maximum Gasteiger partial charge on any atom is 0.237 e. The van der Waals surface area contributed by atoms with Gasteiger partial charge in [0.2, 0.25) is 5.88 Å². The number of anilines is 1. The van der Waals surface area contributed by atoms with E-state index in [-0.39, 0.29) is 18.0 Å². The van der Waals surface area contributed by atoms with Gasteiger partial charge in [0.05, 0.1) is 11.8 Å². The highest BCUT2D eigenvalue weighted by Gasteiger charge is 2.13. The molecule has 0 fully saturated rings. The van der Waals surface area contributed by atoms with E-state index in [0.29, 0.717) is 12.3 Å². The largest absolute Gasteiger partial charge is 0.473 e. The van der Waals surface area contributed by atoms with Gasteiger partial charge < -0.3 is 21.0 Å². The Balaban J connectivity index is 2.79. The zero-order valence-electron chi connectivity index (χ0n) is 11.6. The van der Waals surface area contributed by atoms with Gasteiger partial charge in [0, 0.05) is 18.7 Å². The maximum absolute atomic E-state index is 8.62. The molecule has 106 valence electrons. The highest BCUT2D eigenvalue weighted by molar-refractivity contribution is 5.80. The monoisotopic (exact) mass is 266 g/mol. The van der Waals surface area contributed by atoms with Gasteiger partial charge >= 0.3 is 0 Å². The third kappa shape index (κ3) is 5.03. The number of oxime groups is 1. The van der Waals surface area contributed by atoms with Crippen LogP contribution in [0, 0.1) is 0 Å². The summed E-state index contributed by atoms with van der Waals surface area (Å²) in [5.74, 6) is 0.769. The van der Waals surface area contributed by atoms with Crippen LogP contribution in [-0.2, 0) is 0 Å². The summed E-state index contributed by atoms with van der Waals surface area (Å²) in [6.07, 6.45) is 3.04. The molecule has 1 heterocycles. The van der Waals surface area contributed by atoms with Gasteiger partial charge in [-0.15, -0.1) is 0 Å². The SMILES string of the molecule is CCC(CC(N)=NO)Nc1cccnc1OC(C)C. The molecule has 0 saturated carbocycles. The van der Waals surface area contributed by atoms with Crippen molar-refractivity contribution in [1.82, 2.24) is 4.98 Å². The lowest BCUT2D eigenvalue weighted by molar-refractivity contribution is 0.234. The predicted octanol–water partition coefficient (Wildman–Crippen LogP) is 2.20. The number of hydrogen-bond donors (Lipinski definition) is 3. The normalized spacial score (nSPS) is 13.4. The smallest absolute Gasteiger partial charge is 0.237 e. The highest BCUT2D eigenvalue weighted by atomic mass is 16.5. The second-order valence-corrected chi connectivity index (χ2v) is 4.57. The molecule has 19 heavy (non-hydrogen) atoms. The van der Waals surface area contributed by atoms with Gasteiger partial charge in [0.25, 0.3) is 0 Å². The Labute approximate surface area is 113 Å². The fraction of sp³-hybridized carbons (Fsp3) is 0.538. The molecule has 0 aliphatic heterocycles. The fourth-order valence-corrected chi connectivity index (χ4v) is 1.63. The zero-order chi connectivity index (χ0) is 14.3. The average molecular weight is 266 g/mol. The van der Waals surface area contributed by atoms with Crippen molar-refractivity contribution >= 4 is 11.5 Å². The Kier molecular flexibility index (Phi) is 5.92. The van der Waals surface area contributed by atoms with Crippen LogP contribution < -0.4 is 15.8 Å². The van der Waals surface area contributed by atoms with Crippen molar-refractivity contribution < 1.29 is 9.94 Å². The molecular weight excluding hydrogens is 244 g/mol. The van der Waals surface area contributed by atoms with Crippen molar-refractivity contribution in [2.45, 2.75) is 45.8 Å². The molecule has 1 atom stereocenters. The van der Waals surface area contributed by atoms with E-state index in [1.165, 1.54) is 0 Å². The molecule has 0 aliphatic carbocycles. The number of nitrogens with zero attached hydrogens (tertiary/aromatic N) is 2. The van der Waals surface area contributed by atoms with Crippen molar-refractivity contribution in [1.29, 1.82) is 0 Å². The molecule has 0 bridgehead atoms. The molecule has 0 radical (unpaired) electrons. The van der Waals surface area contributed by atoms with Gasteiger partial charge in [-0.3, -0.25) is 0 Å². The molecule has 0 aromatic carbocycles. The molecule has 6 nitrogen and oxygen atoms in total. The summed E-state index contributed by atoms with van der Waals surface area (Å²) in [6, 6.07) is 3.81. The van der Waals surface area contributed by atoms with Crippen molar-refractivity contribution in [2.24, 2.45) is 10.9 Å². The minimum atomic E-state index is 0.0552.